The number of aryl methyl sites for hydroxylation is 1. The molecule has 0 saturated carbocycles. The quantitative estimate of drug-likeness (QED) is 0.559. The predicted molar refractivity (Wildman–Crippen MR) is 108 cm³/mol. The Bertz CT molecular complexity index is 1080. The zero-order valence-electron chi connectivity index (χ0n) is 14.9. The summed E-state index contributed by atoms with van der Waals surface area (Å²) < 4.78 is 0. The van der Waals surface area contributed by atoms with Gasteiger partial charge in [-0.15, -0.1) is 0 Å². The van der Waals surface area contributed by atoms with Crippen molar-refractivity contribution in [3.8, 4) is 33.9 Å². The minimum absolute atomic E-state index is 0.160. The van der Waals surface area contributed by atoms with Gasteiger partial charge in [-0.3, -0.25) is 4.98 Å². The molecule has 2 aromatic heterocycles. The van der Waals surface area contributed by atoms with Crippen LogP contribution in [-0.2, 0) is 6.42 Å². The molecular weight excluding hydrogens is 332 g/mol. The number of nitrogens with two attached hydrogens (primary N) is 1. The fourth-order valence-electron chi connectivity index (χ4n) is 3.84. The molecule has 3 N–H and O–H groups in total. The summed E-state index contributed by atoms with van der Waals surface area (Å²) in [6.45, 7) is 0. The molecule has 0 saturated heterocycles. The lowest BCUT2D eigenvalue weighted by Gasteiger charge is -2.07. The van der Waals surface area contributed by atoms with Crippen molar-refractivity contribution in [3.63, 3.8) is 0 Å². The maximum absolute atomic E-state index is 6.21. The van der Waals surface area contributed by atoms with Crippen molar-refractivity contribution in [1.82, 2.24) is 15.0 Å². The Morgan fingerprint density at radius 1 is 0.889 bits per heavy atom. The lowest BCUT2D eigenvalue weighted by molar-refractivity contribution is 0.713. The molecule has 1 unspecified atom stereocenters. The van der Waals surface area contributed by atoms with Gasteiger partial charge in [0.1, 0.15) is 5.82 Å². The van der Waals surface area contributed by atoms with Crippen LogP contribution < -0.4 is 5.73 Å². The van der Waals surface area contributed by atoms with Crippen molar-refractivity contribution in [2.45, 2.75) is 18.9 Å². The summed E-state index contributed by atoms with van der Waals surface area (Å²) in [7, 11) is 0. The Morgan fingerprint density at radius 2 is 1.70 bits per heavy atom. The van der Waals surface area contributed by atoms with Crippen molar-refractivity contribution in [1.29, 1.82) is 0 Å². The van der Waals surface area contributed by atoms with E-state index in [9.17, 15) is 0 Å². The van der Waals surface area contributed by atoms with Crippen LogP contribution in [0.1, 0.15) is 23.6 Å². The van der Waals surface area contributed by atoms with Crippen LogP contribution in [0, 0.1) is 0 Å². The molecule has 1 atom stereocenters. The second kappa shape index (κ2) is 6.49. The molecule has 0 spiro atoms. The van der Waals surface area contributed by atoms with Crippen LogP contribution in [-0.4, -0.2) is 15.0 Å². The molecule has 1 aliphatic rings. The number of aromatic nitrogens is 3. The second-order valence-corrected chi connectivity index (χ2v) is 6.97. The number of H-pyrrole nitrogens is 1. The number of pyridine rings is 1. The maximum atomic E-state index is 6.21. The highest BCUT2D eigenvalue weighted by atomic mass is 14.9. The molecule has 0 amide bonds. The summed E-state index contributed by atoms with van der Waals surface area (Å²) in [5, 5.41) is 0. The number of fused-ring (bicyclic) bond motifs is 1. The second-order valence-electron chi connectivity index (χ2n) is 6.97. The summed E-state index contributed by atoms with van der Waals surface area (Å²) in [5.74, 6) is 0.870. The van der Waals surface area contributed by atoms with Crippen LogP contribution in [0.3, 0.4) is 0 Å². The Kier molecular flexibility index (Phi) is 3.84. The average molecular weight is 352 g/mol. The lowest BCUT2D eigenvalue weighted by Crippen LogP contribution is -2.04. The van der Waals surface area contributed by atoms with Gasteiger partial charge in [-0.25, -0.2) is 4.98 Å². The van der Waals surface area contributed by atoms with E-state index in [1.54, 1.807) is 0 Å². The highest BCUT2D eigenvalue weighted by molar-refractivity contribution is 5.81. The third-order valence-corrected chi connectivity index (χ3v) is 5.26. The molecule has 0 fully saturated rings. The molecule has 0 radical (unpaired) electrons. The van der Waals surface area contributed by atoms with Gasteiger partial charge in [0.2, 0.25) is 0 Å². The lowest BCUT2D eigenvalue weighted by atomic mass is 10.0. The number of imidazole rings is 1. The minimum atomic E-state index is 0.160. The van der Waals surface area contributed by atoms with Gasteiger partial charge in [0.05, 0.1) is 11.4 Å². The topological polar surface area (TPSA) is 67.6 Å². The number of rotatable bonds is 3. The Morgan fingerprint density at radius 3 is 2.52 bits per heavy atom. The monoisotopic (exact) mass is 352 g/mol. The molecule has 27 heavy (non-hydrogen) atoms. The van der Waals surface area contributed by atoms with E-state index in [1.807, 2.05) is 42.7 Å². The molecule has 5 rings (SSSR count). The van der Waals surface area contributed by atoms with Gasteiger partial charge in [0.25, 0.3) is 0 Å². The fourth-order valence-corrected chi connectivity index (χ4v) is 3.84. The Hall–Kier alpha value is -3.24. The fraction of sp³-hybridized carbons (Fsp3) is 0.130. The zero-order chi connectivity index (χ0) is 18.2. The van der Waals surface area contributed by atoms with E-state index in [2.05, 4.69) is 40.3 Å². The smallest absolute Gasteiger partial charge is 0.138 e. The maximum Gasteiger partial charge on any atom is 0.138 e. The molecule has 0 bridgehead atoms. The van der Waals surface area contributed by atoms with Crippen molar-refractivity contribution >= 4 is 0 Å². The summed E-state index contributed by atoms with van der Waals surface area (Å²) in [6, 6.07) is 20.9. The normalized spacial score (nSPS) is 15.7. The standard InChI is InChI=1S/C23H20N4/c24-20-9-7-17-14-18(6-8-19(17)20)22-21(15-10-12-25-13-11-15)26-23(27-22)16-4-2-1-3-5-16/h1-6,8,10-14,20H,7,9,24H2,(H,26,27). The highest BCUT2D eigenvalue weighted by Crippen LogP contribution is 2.36. The van der Waals surface area contributed by atoms with Crippen molar-refractivity contribution in [2.24, 2.45) is 5.73 Å². The molecule has 4 aromatic rings. The van der Waals surface area contributed by atoms with Crippen LogP contribution >= 0.6 is 0 Å². The average Bonchev–Trinajstić information content (AvgIpc) is 3.33. The third kappa shape index (κ3) is 2.84. The van der Waals surface area contributed by atoms with E-state index in [0.29, 0.717) is 0 Å². The van der Waals surface area contributed by atoms with Gasteiger partial charge in [0, 0.05) is 35.1 Å². The highest BCUT2D eigenvalue weighted by Gasteiger charge is 2.21. The van der Waals surface area contributed by atoms with E-state index in [0.717, 1.165) is 46.7 Å². The van der Waals surface area contributed by atoms with Crippen LogP contribution in [0.5, 0.6) is 0 Å². The molecular formula is C23H20N4. The van der Waals surface area contributed by atoms with Gasteiger partial charge in [-0.2, -0.15) is 0 Å². The Balaban J connectivity index is 1.68. The van der Waals surface area contributed by atoms with E-state index in [4.69, 9.17) is 10.7 Å². The van der Waals surface area contributed by atoms with E-state index in [-0.39, 0.29) is 6.04 Å². The van der Waals surface area contributed by atoms with Gasteiger partial charge >= 0.3 is 0 Å². The summed E-state index contributed by atoms with van der Waals surface area (Å²) in [5.41, 5.74) is 14.1. The molecule has 4 heteroatoms. The first kappa shape index (κ1) is 16.0. The Labute approximate surface area is 158 Å². The first-order valence-corrected chi connectivity index (χ1v) is 9.24. The number of nitrogens with one attached hydrogen (secondary N) is 1. The van der Waals surface area contributed by atoms with E-state index in [1.165, 1.54) is 11.1 Å². The zero-order valence-corrected chi connectivity index (χ0v) is 14.9. The number of benzene rings is 2. The third-order valence-electron chi connectivity index (χ3n) is 5.26. The van der Waals surface area contributed by atoms with Crippen LogP contribution in [0.25, 0.3) is 33.9 Å². The summed E-state index contributed by atoms with van der Waals surface area (Å²) in [4.78, 5) is 12.6. The molecule has 0 aliphatic heterocycles. The van der Waals surface area contributed by atoms with Gasteiger partial charge in [-0.1, -0.05) is 42.5 Å². The predicted octanol–water partition coefficient (Wildman–Crippen LogP) is 4.75. The molecule has 2 aromatic carbocycles. The number of nitrogens with zero attached hydrogens (tertiary/aromatic N) is 2. The van der Waals surface area contributed by atoms with Crippen molar-refractivity contribution in [3.05, 3.63) is 84.2 Å². The summed E-state index contributed by atoms with van der Waals surface area (Å²) in [6.07, 6.45) is 5.67. The SMILES string of the molecule is NC1CCc2cc(-c3nc(-c4ccccc4)[nH]c3-c3ccncc3)ccc21. The number of aromatic amines is 1. The van der Waals surface area contributed by atoms with Crippen molar-refractivity contribution in [2.75, 3.05) is 0 Å². The summed E-state index contributed by atoms with van der Waals surface area (Å²) >= 11 is 0. The molecule has 132 valence electrons. The van der Waals surface area contributed by atoms with Crippen LogP contribution in [0.2, 0.25) is 0 Å². The van der Waals surface area contributed by atoms with Crippen LogP contribution in [0.4, 0.5) is 0 Å². The molecule has 1 aliphatic carbocycles. The molecule has 4 nitrogen and oxygen atoms in total. The van der Waals surface area contributed by atoms with Gasteiger partial charge in [-0.05, 0) is 42.2 Å². The van der Waals surface area contributed by atoms with Gasteiger partial charge in [0.15, 0.2) is 0 Å². The first-order chi connectivity index (χ1) is 13.3. The number of hydrogen-bond acceptors (Lipinski definition) is 3. The largest absolute Gasteiger partial charge is 0.337 e. The van der Waals surface area contributed by atoms with Crippen LogP contribution in [0.15, 0.2) is 73.1 Å². The van der Waals surface area contributed by atoms with Crippen molar-refractivity contribution < 1.29 is 0 Å². The van der Waals surface area contributed by atoms with E-state index >= 15 is 0 Å². The molecule has 2 heterocycles. The first-order valence-electron chi connectivity index (χ1n) is 9.24. The minimum Gasteiger partial charge on any atom is -0.337 e. The van der Waals surface area contributed by atoms with E-state index < -0.39 is 0 Å². The number of hydrogen-bond donors (Lipinski definition) is 2. The van der Waals surface area contributed by atoms with Gasteiger partial charge < -0.3 is 10.7 Å².